The summed E-state index contributed by atoms with van der Waals surface area (Å²) < 4.78 is 0. The summed E-state index contributed by atoms with van der Waals surface area (Å²) in [5.41, 5.74) is 0.901. The molecule has 0 aromatic heterocycles. The molecule has 2 nitrogen and oxygen atoms in total. The van der Waals surface area contributed by atoms with E-state index in [0.717, 1.165) is 5.70 Å². The van der Waals surface area contributed by atoms with E-state index in [1.165, 1.54) is 5.01 Å². The van der Waals surface area contributed by atoms with Crippen LogP contribution in [0.5, 0.6) is 0 Å². The molecule has 0 aromatic rings. The minimum Gasteiger partial charge on any atom is -0.288 e. The second kappa shape index (κ2) is 29.2. The van der Waals surface area contributed by atoms with Gasteiger partial charge in [0.15, 0.2) is 0 Å². The summed E-state index contributed by atoms with van der Waals surface area (Å²) in [5, 5.41) is 1.52. The molecule has 0 atom stereocenters. The van der Waals surface area contributed by atoms with E-state index in [-0.39, 0.29) is 0 Å². The third-order valence-corrected chi connectivity index (χ3v) is 1.11. The van der Waals surface area contributed by atoms with Crippen molar-refractivity contribution < 1.29 is 0 Å². The van der Waals surface area contributed by atoms with E-state index in [1.54, 1.807) is 12.3 Å². The second-order valence-corrected chi connectivity index (χ2v) is 1.81. The average Bonchev–Trinajstić information content (AvgIpc) is 2.38. The fourth-order valence-corrected chi connectivity index (χ4v) is 0.619. The molecule has 2 heteroatoms. The fourth-order valence-electron chi connectivity index (χ4n) is 0.619. The molecule has 0 bridgehead atoms. The first kappa shape index (κ1) is 24.3. The van der Waals surface area contributed by atoms with E-state index >= 15 is 0 Å². The third-order valence-electron chi connectivity index (χ3n) is 1.11. The van der Waals surface area contributed by atoms with Gasteiger partial charge in [-0.05, 0) is 19.9 Å². The molecular formula is C14H32N2. The van der Waals surface area contributed by atoms with Crippen LogP contribution in [0.3, 0.4) is 0 Å². The van der Waals surface area contributed by atoms with E-state index < -0.39 is 0 Å². The molecule has 0 heterocycles. The summed E-state index contributed by atoms with van der Waals surface area (Å²) in [6.45, 7) is 19.4. The summed E-state index contributed by atoms with van der Waals surface area (Å²) in [7, 11) is 0. The van der Waals surface area contributed by atoms with Crippen LogP contribution in [0.25, 0.3) is 0 Å². The van der Waals surface area contributed by atoms with Crippen LogP contribution in [-0.4, -0.2) is 5.01 Å². The Morgan fingerprint density at radius 2 is 1.38 bits per heavy atom. The minimum absolute atomic E-state index is 0.901. The van der Waals surface area contributed by atoms with Crippen LogP contribution >= 0.6 is 0 Å². The van der Waals surface area contributed by atoms with Crippen molar-refractivity contribution in [3.8, 4) is 0 Å². The maximum Gasteiger partial charge on any atom is 0.0519 e. The van der Waals surface area contributed by atoms with Crippen LogP contribution in [0.2, 0.25) is 0 Å². The summed E-state index contributed by atoms with van der Waals surface area (Å²) in [6.07, 6.45) is 7.25. The van der Waals surface area contributed by atoms with Gasteiger partial charge in [0, 0.05) is 6.20 Å². The Balaban J connectivity index is -0.000000103. The Hall–Kier alpha value is -1.02. The molecule has 0 saturated heterocycles. The van der Waals surface area contributed by atoms with Crippen LogP contribution in [0.4, 0.5) is 0 Å². The number of nitrogens with zero attached hydrogens (tertiary/aromatic N) is 1. The molecule has 0 unspecified atom stereocenters. The number of rotatable bonds is 3. The van der Waals surface area contributed by atoms with Crippen molar-refractivity contribution in [2.24, 2.45) is 5.84 Å². The van der Waals surface area contributed by atoms with Gasteiger partial charge in [0.25, 0.3) is 0 Å². The summed E-state index contributed by atoms with van der Waals surface area (Å²) in [4.78, 5) is 0. The Labute approximate surface area is 104 Å². The quantitative estimate of drug-likeness (QED) is 0.424. The number of hydrogen-bond donors (Lipinski definition) is 1. The molecule has 0 saturated carbocycles. The van der Waals surface area contributed by atoms with Crippen LogP contribution in [0, 0.1) is 0 Å². The molecule has 0 aromatic carbocycles. The molecule has 16 heavy (non-hydrogen) atoms. The van der Waals surface area contributed by atoms with Gasteiger partial charge in [0.2, 0.25) is 0 Å². The van der Waals surface area contributed by atoms with Gasteiger partial charge in [-0.25, -0.2) is 5.84 Å². The largest absolute Gasteiger partial charge is 0.288 e. The van der Waals surface area contributed by atoms with Crippen molar-refractivity contribution in [3.05, 3.63) is 36.7 Å². The van der Waals surface area contributed by atoms with E-state index in [9.17, 15) is 0 Å². The van der Waals surface area contributed by atoms with Gasteiger partial charge in [0.05, 0.1) is 5.70 Å². The molecule has 0 aliphatic carbocycles. The van der Waals surface area contributed by atoms with Crippen molar-refractivity contribution in [3.63, 3.8) is 0 Å². The molecule has 2 N–H and O–H groups in total. The summed E-state index contributed by atoms with van der Waals surface area (Å²) >= 11 is 0. The van der Waals surface area contributed by atoms with Crippen LogP contribution in [0.15, 0.2) is 36.7 Å². The lowest BCUT2D eigenvalue weighted by Gasteiger charge is -2.12. The number of hydrogen-bond acceptors (Lipinski definition) is 2. The van der Waals surface area contributed by atoms with E-state index in [1.807, 2.05) is 67.5 Å². The van der Waals surface area contributed by atoms with Gasteiger partial charge >= 0.3 is 0 Å². The van der Waals surface area contributed by atoms with E-state index in [2.05, 4.69) is 6.58 Å². The smallest absolute Gasteiger partial charge is 0.0519 e. The fraction of sp³-hybridized carbons (Fsp3) is 0.571. The average molecular weight is 228 g/mol. The number of allylic oxidation sites excluding steroid dienone is 3. The molecule has 0 rings (SSSR count). The highest BCUT2D eigenvalue weighted by Gasteiger charge is 1.91. The normalized spacial score (nSPS) is 8.69. The van der Waals surface area contributed by atoms with Gasteiger partial charge in [-0.3, -0.25) is 5.01 Å². The summed E-state index contributed by atoms with van der Waals surface area (Å²) in [5.74, 6) is 5.56. The van der Waals surface area contributed by atoms with E-state index in [4.69, 9.17) is 5.84 Å². The highest BCUT2D eigenvalue weighted by atomic mass is 15.4. The van der Waals surface area contributed by atoms with Crippen molar-refractivity contribution in [2.45, 2.75) is 55.4 Å². The minimum atomic E-state index is 0.901. The highest BCUT2D eigenvalue weighted by Crippen LogP contribution is 1.98. The van der Waals surface area contributed by atoms with Gasteiger partial charge in [-0.2, -0.15) is 0 Å². The molecule has 0 spiro atoms. The van der Waals surface area contributed by atoms with E-state index in [0.29, 0.717) is 0 Å². The SMILES string of the molecule is C=C/C(=C/C)N(N)/C=C\C.CC.CC.CC. The molecular weight excluding hydrogens is 196 g/mol. The van der Waals surface area contributed by atoms with Crippen LogP contribution in [-0.2, 0) is 0 Å². The van der Waals surface area contributed by atoms with Crippen molar-refractivity contribution in [1.82, 2.24) is 5.01 Å². The topological polar surface area (TPSA) is 29.3 Å². The first-order chi connectivity index (χ1) is 7.76. The standard InChI is InChI=1S/C8H14N2.3C2H6/c1-4-7-10(9)8(5-2)6-3;3*1-2/h4-7H,2,9H2,1,3H3;3*1-2H3/b7-4-,8-6-;;;. The van der Waals surface area contributed by atoms with Crippen LogP contribution < -0.4 is 5.84 Å². The van der Waals surface area contributed by atoms with Crippen molar-refractivity contribution in [2.75, 3.05) is 0 Å². The monoisotopic (exact) mass is 228 g/mol. The predicted octanol–water partition coefficient (Wildman–Crippen LogP) is 4.86. The zero-order valence-electron chi connectivity index (χ0n) is 12.5. The van der Waals surface area contributed by atoms with Gasteiger partial charge in [-0.15, -0.1) is 0 Å². The first-order valence-electron chi connectivity index (χ1n) is 6.21. The lowest BCUT2D eigenvalue weighted by atomic mass is 10.4. The Morgan fingerprint density at radius 3 is 1.56 bits per heavy atom. The molecule has 0 fully saturated rings. The first-order valence-corrected chi connectivity index (χ1v) is 6.21. The van der Waals surface area contributed by atoms with Gasteiger partial charge < -0.3 is 0 Å². The van der Waals surface area contributed by atoms with Crippen molar-refractivity contribution >= 4 is 0 Å². The molecule has 0 amide bonds. The summed E-state index contributed by atoms with van der Waals surface area (Å²) in [6, 6.07) is 0. The Bertz CT molecular complexity index is 158. The molecule has 0 radical (unpaired) electrons. The second-order valence-electron chi connectivity index (χ2n) is 1.81. The van der Waals surface area contributed by atoms with Crippen molar-refractivity contribution in [1.29, 1.82) is 0 Å². The Kier molecular flexibility index (Phi) is 44.3. The lowest BCUT2D eigenvalue weighted by molar-refractivity contribution is 0.507. The third kappa shape index (κ3) is 18.7. The highest BCUT2D eigenvalue weighted by molar-refractivity contribution is 5.14. The zero-order chi connectivity index (χ0) is 14.0. The Morgan fingerprint density at radius 1 is 1.00 bits per heavy atom. The maximum absolute atomic E-state index is 5.56. The lowest BCUT2D eigenvalue weighted by Crippen LogP contribution is -2.22. The van der Waals surface area contributed by atoms with Crippen LogP contribution in [0.1, 0.15) is 55.4 Å². The predicted molar refractivity (Wildman–Crippen MR) is 78.8 cm³/mol. The maximum atomic E-state index is 5.56. The number of nitrogens with two attached hydrogens (primary N) is 1. The number of hydrazine groups is 1. The van der Waals surface area contributed by atoms with Gasteiger partial charge in [0.1, 0.15) is 0 Å². The molecule has 0 aliphatic heterocycles. The molecule has 98 valence electrons. The van der Waals surface area contributed by atoms with Gasteiger partial charge in [-0.1, -0.05) is 60.3 Å². The molecule has 0 aliphatic rings. The zero-order valence-corrected chi connectivity index (χ0v) is 12.5.